The number of amides is 2. The quantitative estimate of drug-likeness (QED) is 0.695. The molecule has 0 unspecified atom stereocenters. The fourth-order valence-corrected chi connectivity index (χ4v) is 4.00. The summed E-state index contributed by atoms with van der Waals surface area (Å²) >= 11 is 0. The second-order valence-electron chi connectivity index (χ2n) is 7.75. The van der Waals surface area contributed by atoms with Gasteiger partial charge in [-0.2, -0.15) is 5.26 Å². The van der Waals surface area contributed by atoms with Gasteiger partial charge >= 0.3 is 0 Å². The van der Waals surface area contributed by atoms with Crippen LogP contribution in [-0.4, -0.2) is 91.6 Å². The number of hydrogen-bond acceptors (Lipinski definition) is 7. The topological polar surface area (TPSA) is 112 Å². The maximum atomic E-state index is 12.8. The number of morpholine rings is 1. The second kappa shape index (κ2) is 9.89. The Morgan fingerprint density at radius 3 is 2.47 bits per heavy atom. The van der Waals surface area contributed by atoms with Crippen LogP contribution < -0.4 is 10.5 Å². The highest BCUT2D eigenvalue weighted by atomic mass is 16.5. The van der Waals surface area contributed by atoms with Gasteiger partial charge in [-0.3, -0.25) is 19.4 Å². The fraction of sp³-hybridized carbons (Fsp3) is 0.571. The average Bonchev–Trinajstić information content (AvgIpc) is 2.74. The number of benzene rings is 1. The first-order chi connectivity index (χ1) is 14.4. The van der Waals surface area contributed by atoms with E-state index in [4.69, 9.17) is 15.2 Å². The standard InChI is InChI=1S/C21H29N5O4/c1-15-12-24(13-19(30-15)21(23)28)14-20(27)26-9-7-25(8-10-26)18(11-22)16-3-5-17(29-2)6-4-16/h3-6,15,18-19H,7-10,12-14H2,1-2H3,(H2,23,28)/t15-,18+,19-/m1/s1. The minimum atomic E-state index is -0.681. The van der Waals surface area contributed by atoms with Crippen LogP contribution in [0.2, 0.25) is 0 Å². The Kier molecular flexibility index (Phi) is 7.26. The third-order valence-electron chi connectivity index (χ3n) is 5.60. The van der Waals surface area contributed by atoms with Gasteiger partial charge in [0.05, 0.1) is 25.8 Å². The summed E-state index contributed by atoms with van der Waals surface area (Å²) in [5.41, 5.74) is 6.28. The van der Waals surface area contributed by atoms with E-state index in [0.717, 1.165) is 11.3 Å². The third-order valence-corrected chi connectivity index (χ3v) is 5.60. The number of primary amides is 1. The molecule has 0 saturated carbocycles. The van der Waals surface area contributed by atoms with E-state index >= 15 is 0 Å². The first-order valence-corrected chi connectivity index (χ1v) is 10.1. The monoisotopic (exact) mass is 415 g/mol. The number of nitrogens with two attached hydrogens (primary N) is 1. The molecule has 3 rings (SSSR count). The number of nitriles is 1. The van der Waals surface area contributed by atoms with Crippen LogP contribution in [0.1, 0.15) is 18.5 Å². The van der Waals surface area contributed by atoms with Gasteiger partial charge in [0.2, 0.25) is 11.8 Å². The zero-order valence-electron chi connectivity index (χ0n) is 17.5. The molecule has 9 heteroatoms. The van der Waals surface area contributed by atoms with Crippen molar-refractivity contribution in [3.8, 4) is 11.8 Å². The molecule has 2 saturated heterocycles. The highest BCUT2D eigenvalue weighted by Crippen LogP contribution is 2.24. The maximum absolute atomic E-state index is 12.8. The first-order valence-electron chi connectivity index (χ1n) is 10.1. The number of ether oxygens (including phenoxy) is 2. The molecular weight excluding hydrogens is 386 g/mol. The minimum absolute atomic E-state index is 0.0184. The summed E-state index contributed by atoms with van der Waals surface area (Å²) in [5.74, 6) is 0.264. The average molecular weight is 415 g/mol. The highest BCUT2D eigenvalue weighted by molar-refractivity contribution is 5.80. The predicted octanol–water partition coefficient (Wildman–Crippen LogP) is -0.0213. The molecule has 2 amide bonds. The lowest BCUT2D eigenvalue weighted by atomic mass is 10.1. The van der Waals surface area contributed by atoms with Gasteiger partial charge in [-0.05, 0) is 24.6 Å². The largest absolute Gasteiger partial charge is 0.497 e. The Bertz CT molecular complexity index is 786. The lowest BCUT2D eigenvalue weighted by molar-refractivity contribution is -0.147. The number of hydrogen-bond donors (Lipinski definition) is 1. The molecule has 2 fully saturated rings. The second-order valence-corrected chi connectivity index (χ2v) is 7.75. The summed E-state index contributed by atoms with van der Waals surface area (Å²) in [7, 11) is 1.61. The van der Waals surface area contributed by atoms with E-state index in [1.165, 1.54) is 0 Å². The van der Waals surface area contributed by atoms with Crippen LogP contribution in [0.3, 0.4) is 0 Å². The molecule has 1 aromatic carbocycles. The van der Waals surface area contributed by atoms with Crippen LogP contribution in [-0.2, 0) is 14.3 Å². The van der Waals surface area contributed by atoms with Crippen LogP contribution in [0, 0.1) is 11.3 Å². The molecule has 2 N–H and O–H groups in total. The van der Waals surface area contributed by atoms with Crippen molar-refractivity contribution in [1.82, 2.24) is 14.7 Å². The minimum Gasteiger partial charge on any atom is -0.497 e. The summed E-state index contributed by atoms with van der Waals surface area (Å²) in [5, 5.41) is 9.68. The van der Waals surface area contributed by atoms with Gasteiger partial charge in [0.25, 0.3) is 0 Å². The van der Waals surface area contributed by atoms with E-state index in [2.05, 4.69) is 11.0 Å². The van der Waals surface area contributed by atoms with Gasteiger partial charge in [0.15, 0.2) is 0 Å². The fourth-order valence-electron chi connectivity index (χ4n) is 4.00. The van der Waals surface area contributed by atoms with Gasteiger partial charge in [-0.1, -0.05) is 12.1 Å². The lowest BCUT2D eigenvalue weighted by Gasteiger charge is -2.39. The van der Waals surface area contributed by atoms with E-state index in [1.807, 2.05) is 41.0 Å². The Morgan fingerprint density at radius 1 is 1.23 bits per heavy atom. The number of piperazine rings is 1. The summed E-state index contributed by atoms with van der Waals surface area (Å²) < 4.78 is 10.7. The van der Waals surface area contributed by atoms with E-state index in [9.17, 15) is 14.9 Å². The smallest absolute Gasteiger partial charge is 0.247 e. The Morgan fingerprint density at radius 2 is 1.90 bits per heavy atom. The van der Waals surface area contributed by atoms with E-state index in [-0.39, 0.29) is 24.6 Å². The Balaban J connectivity index is 1.53. The Hall–Kier alpha value is -2.67. The number of methoxy groups -OCH3 is 1. The molecule has 0 aliphatic carbocycles. The van der Waals surface area contributed by atoms with E-state index < -0.39 is 12.0 Å². The van der Waals surface area contributed by atoms with E-state index in [1.54, 1.807) is 7.11 Å². The third kappa shape index (κ3) is 5.27. The van der Waals surface area contributed by atoms with Crippen molar-refractivity contribution in [3.63, 3.8) is 0 Å². The van der Waals surface area contributed by atoms with Crippen molar-refractivity contribution in [2.45, 2.75) is 25.2 Å². The molecule has 30 heavy (non-hydrogen) atoms. The molecule has 0 bridgehead atoms. The number of carbonyl (C=O) groups excluding carboxylic acids is 2. The van der Waals surface area contributed by atoms with Crippen LogP contribution >= 0.6 is 0 Å². The molecule has 1 aromatic rings. The number of carbonyl (C=O) groups is 2. The maximum Gasteiger partial charge on any atom is 0.247 e. The van der Waals surface area contributed by atoms with Crippen LogP contribution in [0.4, 0.5) is 0 Å². The molecular formula is C21H29N5O4. The van der Waals surface area contributed by atoms with Crippen molar-refractivity contribution in [1.29, 1.82) is 5.26 Å². The summed E-state index contributed by atoms with van der Waals surface area (Å²) in [6.07, 6.45) is -0.832. The summed E-state index contributed by atoms with van der Waals surface area (Å²) in [6, 6.07) is 9.52. The molecule has 9 nitrogen and oxygen atoms in total. The number of rotatable bonds is 6. The highest BCUT2D eigenvalue weighted by Gasteiger charge is 2.32. The molecule has 2 aliphatic heterocycles. The van der Waals surface area contributed by atoms with Crippen molar-refractivity contribution < 1.29 is 19.1 Å². The first kappa shape index (κ1) is 22.0. The van der Waals surface area contributed by atoms with Crippen LogP contribution in [0.15, 0.2) is 24.3 Å². The molecule has 0 aromatic heterocycles. The van der Waals surface area contributed by atoms with E-state index in [0.29, 0.717) is 39.3 Å². The number of nitrogens with zero attached hydrogens (tertiary/aromatic N) is 4. The van der Waals surface area contributed by atoms with Gasteiger partial charge in [0, 0.05) is 39.3 Å². The van der Waals surface area contributed by atoms with Crippen molar-refractivity contribution in [3.05, 3.63) is 29.8 Å². The predicted molar refractivity (Wildman–Crippen MR) is 109 cm³/mol. The van der Waals surface area contributed by atoms with Gasteiger partial charge in [-0.25, -0.2) is 0 Å². The SMILES string of the molecule is COc1ccc([C@H](C#N)N2CCN(C(=O)CN3C[C@@H](C)O[C@@H](C(N)=O)C3)CC2)cc1. The molecule has 2 heterocycles. The van der Waals surface area contributed by atoms with Gasteiger partial charge < -0.3 is 20.1 Å². The summed E-state index contributed by atoms with van der Waals surface area (Å²) in [4.78, 5) is 30.0. The Labute approximate surface area is 176 Å². The normalized spacial score (nSPS) is 24.1. The van der Waals surface area contributed by atoms with Crippen molar-refractivity contribution >= 4 is 11.8 Å². The molecule has 2 aliphatic rings. The zero-order valence-corrected chi connectivity index (χ0v) is 17.5. The van der Waals surface area contributed by atoms with Crippen LogP contribution in [0.25, 0.3) is 0 Å². The lowest BCUT2D eigenvalue weighted by Crippen LogP contribution is -2.56. The zero-order chi connectivity index (χ0) is 21.7. The van der Waals surface area contributed by atoms with Crippen molar-refractivity contribution in [2.75, 3.05) is 52.9 Å². The van der Waals surface area contributed by atoms with Gasteiger partial charge in [-0.15, -0.1) is 0 Å². The molecule has 0 radical (unpaired) electrons. The van der Waals surface area contributed by atoms with Gasteiger partial charge in [0.1, 0.15) is 17.9 Å². The van der Waals surface area contributed by atoms with Crippen molar-refractivity contribution in [2.24, 2.45) is 5.73 Å². The summed E-state index contributed by atoms with van der Waals surface area (Å²) in [6.45, 7) is 5.39. The molecule has 162 valence electrons. The molecule has 3 atom stereocenters. The molecule has 0 spiro atoms. The van der Waals surface area contributed by atoms with Crippen LogP contribution in [0.5, 0.6) is 5.75 Å².